The highest BCUT2D eigenvalue weighted by Gasteiger charge is 2.41. The smallest absolute Gasteiger partial charge is 0.0853 e. The molecule has 0 bridgehead atoms. The summed E-state index contributed by atoms with van der Waals surface area (Å²) in [7, 11) is 0. The van der Waals surface area contributed by atoms with E-state index in [1.807, 2.05) is 12.1 Å². The van der Waals surface area contributed by atoms with Gasteiger partial charge in [-0.3, -0.25) is 4.98 Å². The van der Waals surface area contributed by atoms with Crippen molar-refractivity contribution in [2.45, 2.75) is 25.6 Å². The summed E-state index contributed by atoms with van der Waals surface area (Å²) in [4.78, 5) is 6.39. The summed E-state index contributed by atoms with van der Waals surface area (Å²) < 4.78 is 0. The van der Waals surface area contributed by atoms with E-state index in [1.165, 1.54) is 0 Å². The Morgan fingerprint density at radius 3 is 3.00 bits per heavy atom. The largest absolute Gasteiger partial charge is 0.393 e. The first-order chi connectivity index (χ1) is 8.28. The zero-order valence-electron chi connectivity index (χ0n) is 9.79. The van der Waals surface area contributed by atoms with Gasteiger partial charge in [0.05, 0.1) is 18.4 Å². The summed E-state index contributed by atoms with van der Waals surface area (Å²) in [6, 6.07) is 3.92. The Kier molecular flexibility index (Phi) is 2.76. The molecule has 4 heteroatoms. The number of hydrogen-bond acceptors (Lipinski definition) is 4. The molecule has 3 rings (SSSR count). The second-order valence-corrected chi connectivity index (χ2v) is 5.14. The average Bonchev–Trinajstić information content (AvgIpc) is 2.92. The Balaban J connectivity index is 1.78. The molecule has 0 radical (unpaired) electrons. The van der Waals surface area contributed by atoms with Crippen LogP contribution in [0.15, 0.2) is 18.3 Å². The molecule has 0 aromatic carbocycles. The fourth-order valence-electron chi connectivity index (χ4n) is 3.20. The van der Waals surface area contributed by atoms with Gasteiger partial charge in [-0.15, -0.1) is 0 Å². The van der Waals surface area contributed by atoms with Gasteiger partial charge in [0.15, 0.2) is 0 Å². The van der Waals surface area contributed by atoms with E-state index in [9.17, 15) is 5.11 Å². The lowest BCUT2D eigenvalue weighted by atomic mass is 10.00. The minimum absolute atomic E-state index is 0.0167. The number of pyridine rings is 1. The number of anilines is 1. The van der Waals surface area contributed by atoms with E-state index in [2.05, 4.69) is 9.88 Å². The fourth-order valence-corrected chi connectivity index (χ4v) is 3.20. The first-order valence-electron chi connectivity index (χ1n) is 6.26. The number of fused-ring (bicyclic) bond motifs is 1. The second kappa shape index (κ2) is 4.27. The Bertz CT molecular complexity index is 410. The van der Waals surface area contributed by atoms with Crippen LogP contribution in [0.4, 0.5) is 5.69 Å². The first-order valence-corrected chi connectivity index (χ1v) is 6.26. The minimum atomic E-state index is -0.121. The van der Waals surface area contributed by atoms with Crippen LogP contribution in [-0.2, 0) is 6.61 Å². The first kappa shape index (κ1) is 11.0. The Labute approximate surface area is 101 Å². The molecule has 92 valence electrons. The Hall–Kier alpha value is -1.13. The van der Waals surface area contributed by atoms with Crippen molar-refractivity contribution in [3.05, 3.63) is 24.0 Å². The van der Waals surface area contributed by atoms with Gasteiger partial charge in [-0.05, 0) is 30.9 Å². The summed E-state index contributed by atoms with van der Waals surface area (Å²) >= 11 is 0. The molecule has 2 N–H and O–H groups in total. The van der Waals surface area contributed by atoms with Gasteiger partial charge in [0, 0.05) is 30.9 Å². The summed E-state index contributed by atoms with van der Waals surface area (Å²) in [6.45, 7) is 1.94. The molecule has 4 nitrogen and oxygen atoms in total. The minimum Gasteiger partial charge on any atom is -0.393 e. The van der Waals surface area contributed by atoms with Gasteiger partial charge in [-0.2, -0.15) is 0 Å². The predicted molar refractivity (Wildman–Crippen MR) is 64.6 cm³/mol. The molecule has 17 heavy (non-hydrogen) atoms. The molecule has 0 spiro atoms. The van der Waals surface area contributed by atoms with Crippen molar-refractivity contribution < 1.29 is 10.2 Å². The maximum Gasteiger partial charge on any atom is 0.0853 e. The van der Waals surface area contributed by atoms with Crippen LogP contribution < -0.4 is 4.90 Å². The number of nitrogens with zero attached hydrogens (tertiary/aromatic N) is 2. The standard InChI is InChI=1S/C13H18N2O2/c16-8-10-5-11(3-4-14-10)15-6-9-1-2-13(17)12(9)7-15/h3-5,9,12-13,16-17H,1-2,6-8H2. The van der Waals surface area contributed by atoms with Crippen molar-refractivity contribution in [1.82, 2.24) is 4.98 Å². The van der Waals surface area contributed by atoms with Crippen molar-refractivity contribution in [3.8, 4) is 0 Å². The van der Waals surface area contributed by atoms with Crippen molar-refractivity contribution in [3.63, 3.8) is 0 Å². The molecular formula is C13H18N2O2. The molecule has 2 heterocycles. The highest BCUT2D eigenvalue weighted by atomic mass is 16.3. The SMILES string of the molecule is OCc1cc(N2CC3CCC(O)C3C2)ccn1. The average molecular weight is 234 g/mol. The third kappa shape index (κ3) is 1.91. The van der Waals surface area contributed by atoms with Crippen LogP contribution >= 0.6 is 0 Å². The second-order valence-electron chi connectivity index (χ2n) is 5.14. The van der Waals surface area contributed by atoms with Gasteiger partial charge in [0.1, 0.15) is 0 Å². The maximum absolute atomic E-state index is 9.89. The molecule has 1 aliphatic heterocycles. The number of aliphatic hydroxyl groups excluding tert-OH is 2. The fraction of sp³-hybridized carbons (Fsp3) is 0.615. The van der Waals surface area contributed by atoms with E-state index in [-0.39, 0.29) is 12.7 Å². The molecule has 1 saturated heterocycles. The Morgan fingerprint density at radius 2 is 2.24 bits per heavy atom. The van der Waals surface area contributed by atoms with E-state index >= 15 is 0 Å². The lowest BCUT2D eigenvalue weighted by Gasteiger charge is -2.20. The molecule has 2 aliphatic rings. The zero-order chi connectivity index (χ0) is 11.8. The van der Waals surface area contributed by atoms with E-state index in [0.29, 0.717) is 17.5 Å². The molecule has 3 atom stereocenters. The summed E-state index contributed by atoms with van der Waals surface area (Å²) in [6.07, 6.45) is 3.72. The third-order valence-electron chi connectivity index (χ3n) is 4.15. The topological polar surface area (TPSA) is 56.6 Å². The van der Waals surface area contributed by atoms with E-state index in [4.69, 9.17) is 5.11 Å². The van der Waals surface area contributed by atoms with Crippen molar-refractivity contribution >= 4 is 5.69 Å². The molecule has 3 unspecified atom stereocenters. The van der Waals surface area contributed by atoms with Crippen molar-refractivity contribution in [2.75, 3.05) is 18.0 Å². The van der Waals surface area contributed by atoms with Gasteiger partial charge in [0.2, 0.25) is 0 Å². The van der Waals surface area contributed by atoms with Crippen molar-refractivity contribution in [1.29, 1.82) is 0 Å². The molecule has 0 amide bonds. The molecular weight excluding hydrogens is 216 g/mol. The number of aliphatic hydroxyl groups is 2. The summed E-state index contributed by atoms with van der Waals surface area (Å²) in [5, 5.41) is 19.0. The van der Waals surface area contributed by atoms with Crippen LogP contribution in [0.2, 0.25) is 0 Å². The lowest BCUT2D eigenvalue weighted by Crippen LogP contribution is -2.24. The van der Waals surface area contributed by atoms with E-state index in [0.717, 1.165) is 31.6 Å². The highest BCUT2D eigenvalue weighted by Crippen LogP contribution is 2.39. The quantitative estimate of drug-likeness (QED) is 0.794. The van der Waals surface area contributed by atoms with Gasteiger partial charge in [-0.1, -0.05) is 0 Å². The van der Waals surface area contributed by atoms with Gasteiger partial charge in [-0.25, -0.2) is 0 Å². The molecule has 1 saturated carbocycles. The number of rotatable bonds is 2. The van der Waals surface area contributed by atoms with Crippen LogP contribution in [0.1, 0.15) is 18.5 Å². The predicted octanol–water partition coefficient (Wildman–Crippen LogP) is 0.781. The Morgan fingerprint density at radius 1 is 1.35 bits per heavy atom. The van der Waals surface area contributed by atoms with E-state index < -0.39 is 0 Å². The summed E-state index contributed by atoms with van der Waals surface area (Å²) in [5.41, 5.74) is 1.82. The summed E-state index contributed by atoms with van der Waals surface area (Å²) in [5.74, 6) is 1.07. The molecule has 2 fully saturated rings. The van der Waals surface area contributed by atoms with Crippen molar-refractivity contribution in [2.24, 2.45) is 11.8 Å². The molecule has 1 aromatic rings. The van der Waals surface area contributed by atoms with Crippen LogP contribution in [0, 0.1) is 11.8 Å². The molecule has 1 aromatic heterocycles. The van der Waals surface area contributed by atoms with Crippen LogP contribution in [-0.4, -0.2) is 34.4 Å². The van der Waals surface area contributed by atoms with Gasteiger partial charge >= 0.3 is 0 Å². The van der Waals surface area contributed by atoms with Gasteiger partial charge < -0.3 is 15.1 Å². The van der Waals surface area contributed by atoms with Crippen LogP contribution in [0.5, 0.6) is 0 Å². The maximum atomic E-state index is 9.89. The zero-order valence-corrected chi connectivity index (χ0v) is 9.79. The number of hydrogen-bond donors (Lipinski definition) is 2. The van der Waals surface area contributed by atoms with Gasteiger partial charge in [0.25, 0.3) is 0 Å². The monoisotopic (exact) mass is 234 g/mol. The van der Waals surface area contributed by atoms with Crippen LogP contribution in [0.3, 0.4) is 0 Å². The number of aromatic nitrogens is 1. The van der Waals surface area contributed by atoms with Crippen LogP contribution in [0.25, 0.3) is 0 Å². The molecule has 1 aliphatic carbocycles. The highest BCUT2D eigenvalue weighted by molar-refractivity contribution is 5.48. The third-order valence-corrected chi connectivity index (χ3v) is 4.15. The lowest BCUT2D eigenvalue weighted by molar-refractivity contribution is 0.133. The normalized spacial score (nSPS) is 31.9. The van der Waals surface area contributed by atoms with E-state index in [1.54, 1.807) is 6.20 Å².